The van der Waals surface area contributed by atoms with Crippen molar-refractivity contribution in [3.8, 4) is 11.8 Å². The summed E-state index contributed by atoms with van der Waals surface area (Å²) in [4.78, 5) is 29.0. The van der Waals surface area contributed by atoms with Gasteiger partial charge in [-0.25, -0.2) is 4.79 Å². The minimum absolute atomic E-state index is 0.0394. The molecular formula is C20H30N4O5. The van der Waals surface area contributed by atoms with Crippen molar-refractivity contribution in [2.75, 3.05) is 26.7 Å². The molecule has 1 aromatic rings. The standard InChI is InChI=1S/C20H30N4O5/c1-20(2,3)29-19(26)24-12-6-8-15(24)18(25)23-11-5-7-14(13-23)28-17-10-9-16(27-4)21-22-17/h9-10,14-15H,5-8,11-13H2,1-4H3. The molecule has 2 aliphatic rings. The number of aromatic nitrogens is 2. The fourth-order valence-electron chi connectivity index (χ4n) is 3.66. The third-order valence-electron chi connectivity index (χ3n) is 4.97. The van der Waals surface area contributed by atoms with Gasteiger partial charge in [0.2, 0.25) is 17.7 Å². The van der Waals surface area contributed by atoms with E-state index in [0.717, 1.165) is 19.3 Å². The van der Waals surface area contributed by atoms with Crippen LogP contribution < -0.4 is 9.47 Å². The number of hydrogen-bond acceptors (Lipinski definition) is 7. The molecule has 2 atom stereocenters. The zero-order chi connectivity index (χ0) is 21.0. The molecule has 0 saturated carbocycles. The van der Waals surface area contributed by atoms with E-state index < -0.39 is 17.7 Å². The Balaban J connectivity index is 1.60. The summed E-state index contributed by atoms with van der Waals surface area (Å²) in [6, 6.07) is 2.92. The van der Waals surface area contributed by atoms with Crippen molar-refractivity contribution in [1.82, 2.24) is 20.0 Å². The van der Waals surface area contributed by atoms with Gasteiger partial charge in [-0.3, -0.25) is 9.69 Å². The van der Waals surface area contributed by atoms with Crippen LogP contribution in [0.5, 0.6) is 11.8 Å². The molecule has 2 aliphatic heterocycles. The topological polar surface area (TPSA) is 94.1 Å². The highest BCUT2D eigenvalue weighted by atomic mass is 16.6. The first-order valence-corrected chi connectivity index (χ1v) is 10.1. The van der Waals surface area contributed by atoms with Crippen LogP contribution in [0.4, 0.5) is 4.79 Å². The summed E-state index contributed by atoms with van der Waals surface area (Å²) in [7, 11) is 1.53. The van der Waals surface area contributed by atoms with E-state index in [1.54, 1.807) is 21.9 Å². The number of nitrogens with zero attached hydrogens (tertiary/aromatic N) is 4. The van der Waals surface area contributed by atoms with Crippen molar-refractivity contribution in [2.24, 2.45) is 0 Å². The predicted octanol–water partition coefficient (Wildman–Crippen LogP) is 2.25. The minimum Gasteiger partial charge on any atom is -0.480 e. The maximum absolute atomic E-state index is 13.1. The molecule has 0 spiro atoms. The van der Waals surface area contributed by atoms with Crippen molar-refractivity contribution in [3.63, 3.8) is 0 Å². The Kier molecular flexibility index (Phi) is 6.44. The van der Waals surface area contributed by atoms with Crippen molar-refractivity contribution in [2.45, 2.75) is 64.2 Å². The lowest BCUT2D eigenvalue weighted by atomic mass is 10.1. The molecule has 29 heavy (non-hydrogen) atoms. The van der Waals surface area contributed by atoms with E-state index in [1.807, 2.05) is 20.8 Å². The van der Waals surface area contributed by atoms with E-state index in [2.05, 4.69) is 10.2 Å². The van der Waals surface area contributed by atoms with Gasteiger partial charge in [-0.05, 0) is 46.5 Å². The number of ether oxygens (including phenoxy) is 3. The second-order valence-corrected chi connectivity index (χ2v) is 8.41. The van der Waals surface area contributed by atoms with E-state index in [0.29, 0.717) is 37.8 Å². The highest BCUT2D eigenvalue weighted by Gasteiger charge is 2.39. The van der Waals surface area contributed by atoms with Crippen molar-refractivity contribution in [3.05, 3.63) is 12.1 Å². The molecule has 9 heteroatoms. The van der Waals surface area contributed by atoms with Gasteiger partial charge in [0, 0.05) is 25.2 Å². The van der Waals surface area contributed by atoms with Crippen LogP contribution in [0.1, 0.15) is 46.5 Å². The minimum atomic E-state index is -0.587. The molecule has 2 unspecified atom stereocenters. The molecule has 2 amide bonds. The predicted molar refractivity (Wildman–Crippen MR) is 105 cm³/mol. The Labute approximate surface area is 171 Å². The fourth-order valence-corrected chi connectivity index (χ4v) is 3.66. The van der Waals surface area contributed by atoms with Crippen molar-refractivity contribution in [1.29, 1.82) is 0 Å². The zero-order valence-electron chi connectivity index (χ0n) is 17.6. The Morgan fingerprint density at radius 1 is 1.07 bits per heavy atom. The van der Waals surface area contributed by atoms with Gasteiger partial charge in [-0.2, -0.15) is 0 Å². The quantitative estimate of drug-likeness (QED) is 0.757. The third-order valence-corrected chi connectivity index (χ3v) is 4.97. The SMILES string of the molecule is COc1ccc(OC2CCCN(C(=O)C3CCCN3C(=O)OC(C)(C)C)C2)nn1. The van der Waals surface area contributed by atoms with Crippen molar-refractivity contribution >= 4 is 12.0 Å². The molecule has 0 N–H and O–H groups in total. The first kappa shape index (κ1) is 21.1. The summed E-state index contributed by atoms with van der Waals surface area (Å²) in [5, 5.41) is 7.89. The zero-order valence-corrected chi connectivity index (χ0v) is 17.6. The van der Waals surface area contributed by atoms with Crippen LogP contribution in [0, 0.1) is 0 Å². The van der Waals surface area contributed by atoms with Crippen LogP contribution in [-0.4, -0.2) is 76.5 Å². The van der Waals surface area contributed by atoms with Gasteiger partial charge in [0.05, 0.1) is 13.7 Å². The maximum Gasteiger partial charge on any atom is 0.410 e. The first-order chi connectivity index (χ1) is 13.8. The summed E-state index contributed by atoms with van der Waals surface area (Å²) in [6.07, 6.45) is 2.53. The van der Waals surface area contributed by atoms with E-state index in [-0.39, 0.29) is 12.0 Å². The molecule has 9 nitrogen and oxygen atoms in total. The Morgan fingerprint density at radius 2 is 1.76 bits per heavy atom. The molecule has 0 aliphatic carbocycles. The summed E-state index contributed by atoms with van der Waals surface area (Å²) in [5.74, 6) is 0.782. The molecule has 0 radical (unpaired) electrons. The molecule has 3 heterocycles. The summed E-state index contributed by atoms with van der Waals surface area (Å²) in [5.41, 5.74) is -0.587. The normalized spacial score (nSPS) is 22.3. The van der Waals surface area contributed by atoms with E-state index >= 15 is 0 Å². The van der Waals surface area contributed by atoms with Gasteiger partial charge in [-0.15, -0.1) is 10.2 Å². The number of rotatable bonds is 4. The molecular weight excluding hydrogens is 376 g/mol. The number of amides is 2. The molecule has 0 aromatic carbocycles. The number of piperidine rings is 1. The summed E-state index contributed by atoms with van der Waals surface area (Å²) >= 11 is 0. The lowest BCUT2D eigenvalue weighted by Gasteiger charge is -2.36. The largest absolute Gasteiger partial charge is 0.480 e. The van der Waals surface area contributed by atoms with Gasteiger partial charge < -0.3 is 19.1 Å². The van der Waals surface area contributed by atoms with E-state index in [9.17, 15) is 9.59 Å². The highest BCUT2D eigenvalue weighted by Crippen LogP contribution is 2.25. The third kappa shape index (κ3) is 5.48. The highest BCUT2D eigenvalue weighted by molar-refractivity contribution is 5.86. The van der Waals surface area contributed by atoms with Gasteiger partial charge in [-0.1, -0.05) is 0 Å². The van der Waals surface area contributed by atoms with E-state index in [4.69, 9.17) is 14.2 Å². The summed E-state index contributed by atoms with van der Waals surface area (Å²) in [6.45, 7) is 7.14. The smallest absolute Gasteiger partial charge is 0.410 e. The van der Waals surface area contributed by atoms with Gasteiger partial charge in [0.15, 0.2) is 0 Å². The second-order valence-electron chi connectivity index (χ2n) is 8.41. The Morgan fingerprint density at radius 3 is 2.41 bits per heavy atom. The average molecular weight is 406 g/mol. The van der Waals surface area contributed by atoms with Crippen LogP contribution in [0.3, 0.4) is 0 Å². The lowest BCUT2D eigenvalue weighted by Crippen LogP contribution is -2.53. The van der Waals surface area contributed by atoms with Crippen LogP contribution in [0.2, 0.25) is 0 Å². The Hall–Kier alpha value is -2.58. The summed E-state index contributed by atoms with van der Waals surface area (Å²) < 4.78 is 16.4. The van der Waals surface area contributed by atoms with Crippen LogP contribution in [0.15, 0.2) is 12.1 Å². The fraction of sp³-hybridized carbons (Fsp3) is 0.700. The molecule has 1 aromatic heterocycles. The second kappa shape index (κ2) is 8.84. The number of methoxy groups -OCH3 is 1. The molecule has 160 valence electrons. The monoisotopic (exact) mass is 406 g/mol. The number of carbonyl (C=O) groups excluding carboxylic acids is 2. The van der Waals surface area contributed by atoms with Crippen LogP contribution >= 0.6 is 0 Å². The van der Waals surface area contributed by atoms with Gasteiger partial charge in [0.25, 0.3) is 0 Å². The number of likely N-dealkylation sites (tertiary alicyclic amines) is 2. The first-order valence-electron chi connectivity index (χ1n) is 10.1. The van der Waals surface area contributed by atoms with E-state index in [1.165, 1.54) is 7.11 Å². The number of hydrogen-bond donors (Lipinski definition) is 0. The molecule has 2 saturated heterocycles. The van der Waals surface area contributed by atoms with Gasteiger partial charge >= 0.3 is 6.09 Å². The number of carbonyl (C=O) groups is 2. The molecule has 2 fully saturated rings. The molecule has 3 rings (SSSR count). The van der Waals surface area contributed by atoms with Gasteiger partial charge in [0.1, 0.15) is 17.7 Å². The Bertz CT molecular complexity index is 719. The van der Waals surface area contributed by atoms with Crippen LogP contribution in [0.25, 0.3) is 0 Å². The maximum atomic E-state index is 13.1. The van der Waals surface area contributed by atoms with Crippen LogP contribution in [-0.2, 0) is 9.53 Å². The lowest BCUT2D eigenvalue weighted by molar-refractivity contribution is -0.138. The molecule has 0 bridgehead atoms. The average Bonchev–Trinajstić information content (AvgIpc) is 3.17. The van der Waals surface area contributed by atoms with Crippen molar-refractivity contribution < 1.29 is 23.8 Å².